The number of ether oxygens (including phenoxy) is 1. The Morgan fingerprint density at radius 2 is 1.66 bits per heavy atom. The van der Waals surface area contributed by atoms with E-state index < -0.39 is 11.9 Å². The van der Waals surface area contributed by atoms with Gasteiger partial charge in [-0.15, -0.1) is 11.3 Å². The lowest BCUT2D eigenvalue weighted by atomic mass is 9.97. The standard InChI is InChI=1S/C18H15NO4S2.C6H13N/c20-16(22-12-13-6-2-1-3-7-13)10-11-17(21)23-25-18-19-14-8-4-5-9-15(14)24-18;7-6-4-2-1-3-5-6/h1-9H,10-12H2;6H,1-5,7H2. The van der Waals surface area contributed by atoms with Crippen LogP contribution in [0.1, 0.15) is 50.5 Å². The molecule has 4 rings (SSSR count). The van der Waals surface area contributed by atoms with Crippen molar-refractivity contribution in [2.45, 2.75) is 61.9 Å². The lowest BCUT2D eigenvalue weighted by Crippen LogP contribution is -2.22. The molecule has 0 atom stereocenters. The van der Waals surface area contributed by atoms with Crippen LogP contribution in [0.15, 0.2) is 58.9 Å². The molecule has 6 nitrogen and oxygen atoms in total. The minimum Gasteiger partial charge on any atom is -0.461 e. The Hall–Kier alpha value is -2.42. The molecular weight excluding hydrogens is 444 g/mol. The van der Waals surface area contributed by atoms with Gasteiger partial charge in [0.15, 0.2) is 4.34 Å². The van der Waals surface area contributed by atoms with Gasteiger partial charge >= 0.3 is 11.9 Å². The summed E-state index contributed by atoms with van der Waals surface area (Å²) in [5, 5.41) is 0. The molecule has 32 heavy (non-hydrogen) atoms. The van der Waals surface area contributed by atoms with Crippen molar-refractivity contribution in [2.75, 3.05) is 0 Å². The van der Waals surface area contributed by atoms with E-state index in [9.17, 15) is 9.59 Å². The molecule has 170 valence electrons. The summed E-state index contributed by atoms with van der Waals surface area (Å²) in [5.41, 5.74) is 7.41. The number of para-hydroxylation sites is 1. The Bertz CT molecular complexity index is 955. The molecule has 1 aliphatic rings. The van der Waals surface area contributed by atoms with Gasteiger partial charge in [-0.2, -0.15) is 0 Å². The fourth-order valence-electron chi connectivity index (χ4n) is 3.16. The number of nitrogens with zero attached hydrogens (tertiary/aromatic N) is 1. The third-order valence-electron chi connectivity index (χ3n) is 4.91. The molecule has 2 N–H and O–H groups in total. The molecule has 0 radical (unpaired) electrons. The van der Waals surface area contributed by atoms with Crippen LogP contribution in [0.2, 0.25) is 0 Å². The molecule has 1 saturated carbocycles. The Morgan fingerprint density at radius 1 is 0.969 bits per heavy atom. The number of hydrogen-bond donors (Lipinski definition) is 1. The van der Waals surface area contributed by atoms with Crippen LogP contribution in [0.5, 0.6) is 0 Å². The van der Waals surface area contributed by atoms with Crippen LogP contribution in [0, 0.1) is 0 Å². The van der Waals surface area contributed by atoms with E-state index in [1.54, 1.807) is 0 Å². The first kappa shape index (κ1) is 24.2. The molecule has 8 heteroatoms. The maximum absolute atomic E-state index is 11.7. The van der Waals surface area contributed by atoms with Gasteiger partial charge in [-0.3, -0.25) is 9.59 Å². The number of rotatable bonds is 7. The van der Waals surface area contributed by atoms with Gasteiger partial charge in [0.05, 0.1) is 23.1 Å². The summed E-state index contributed by atoms with van der Waals surface area (Å²) in [5.74, 6) is -0.897. The zero-order valence-electron chi connectivity index (χ0n) is 17.9. The van der Waals surface area contributed by atoms with E-state index in [1.165, 1.54) is 43.4 Å². The van der Waals surface area contributed by atoms with Crippen molar-refractivity contribution in [2.24, 2.45) is 5.73 Å². The molecule has 0 aliphatic heterocycles. The van der Waals surface area contributed by atoms with Crippen molar-refractivity contribution in [1.29, 1.82) is 0 Å². The van der Waals surface area contributed by atoms with Crippen LogP contribution >= 0.6 is 23.4 Å². The maximum atomic E-state index is 11.7. The number of carbonyl (C=O) groups is 2. The van der Waals surface area contributed by atoms with Crippen molar-refractivity contribution in [3.05, 3.63) is 60.2 Å². The predicted molar refractivity (Wildman–Crippen MR) is 128 cm³/mol. The highest BCUT2D eigenvalue weighted by atomic mass is 32.2. The highest BCUT2D eigenvalue weighted by Gasteiger charge is 2.12. The zero-order valence-corrected chi connectivity index (χ0v) is 19.5. The molecule has 3 aromatic rings. The summed E-state index contributed by atoms with van der Waals surface area (Å²) >= 11 is 2.37. The van der Waals surface area contributed by atoms with E-state index in [-0.39, 0.29) is 19.4 Å². The van der Waals surface area contributed by atoms with Crippen molar-refractivity contribution in [3.8, 4) is 0 Å². The van der Waals surface area contributed by atoms with Crippen LogP contribution in [0.4, 0.5) is 0 Å². The summed E-state index contributed by atoms with van der Waals surface area (Å²) < 4.78 is 11.9. The molecule has 0 amide bonds. The number of carbonyl (C=O) groups excluding carboxylic acids is 2. The number of fused-ring (bicyclic) bond motifs is 1. The van der Waals surface area contributed by atoms with E-state index in [1.807, 2.05) is 54.6 Å². The number of esters is 1. The molecule has 2 aromatic carbocycles. The first-order valence-electron chi connectivity index (χ1n) is 10.8. The quantitative estimate of drug-likeness (QED) is 0.351. The minimum atomic E-state index is -0.471. The highest BCUT2D eigenvalue weighted by molar-refractivity contribution is 7.97. The Kier molecular flexibility index (Phi) is 9.99. The summed E-state index contributed by atoms with van der Waals surface area (Å²) in [6.07, 6.45) is 6.63. The molecular formula is C24H28N2O4S2. The Morgan fingerprint density at radius 3 is 2.34 bits per heavy atom. The molecule has 1 heterocycles. The summed E-state index contributed by atoms with van der Waals surface area (Å²) in [4.78, 5) is 27.8. The number of hydrogen-bond acceptors (Lipinski definition) is 8. The van der Waals surface area contributed by atoms with Crippen molar-refractivity contribution < 1.29 is 18.5 Å². The van der Waals surface area contributed by atoms with Crippen molar-refractivity contribution in [3.63, 3.8) is 0 Å². The summed E-state index contributed by atoms with van der Waals surface area (Å²) in [6, 6.07) is 17.6. The second-order valence-electron chi connectivity index (χ2n) is 7.53. The number of thiazole rings is 1. The number of nitrogens with two attached hydrogens (primary N) is 1. The predicted octanol–water partition coefficient (Wildman–Crippen LogP) is 5.65. The molecule has 1 aromatic heterocycles. The Labute approximate surface area is 196 Å². The van der Waals surface area contributed by atoms with Crippen LogP contribution in [-0.2, 0) is 25.1 Å². The first-order chi connectivity index (χ1) is 15.6. The van der Waals surface area contributed by atoms with Gasteiger partial charge in [-0.25, -0.2) is 4.98 Å². The van der Waals surface area contributed by atoms with Crippen LogP contribution in [0.25, 0.3) is 10.2 Å². The normalized spacial score (nSPS) is 13.8. The molecule has 1 fully saturated rings. The van der Waals surface area contributed by atoms with Gasteiger partial charge in [-0.05, 0) is 30.5 Å². The lowest BCUT2D eigenvalue weighted by Gasteiger charge is -2.15. The van der Waals surface area contributed by atoms with Gasteiger partial charge in [0, 0.05) is 6.04 Å². The number of benzene rings is 2. The summed E-state index contributed by atoms with van der Waals surface area (Å²) in [6.45, 7) is 0.204. The van der Waals surface area contributed by atoms with E-state index in [0.717, 1.165) is 27.8 Å². The monoisotopic (exact) mass is 472 g/mol. The van der Waals surface area contributed by atoms with Crippen molar-refractivity contribution in [1.82, 2.24) is 4.98 Å². The van der Waals surface area contributed by atoms with Gasteiger partial charge in [-0.1, -0.05) is 61.7 Å². The highest BCUT2D eigenvalue weighted by Crippen LogP contribution is 2.30. The minimum absolute atomic E-state index is 0.00787. The SMILES string of the molecule is NC1CCCCC1.O=C(CCC(=O)OSc1nc2ccccc2s1)OCc1ccccc1. The van der Waals surface area contributed by atoms with E-state index >= 15 is 0 Å². The third-order valence-corrected chi connectivity index (χ3v) is 6.69. The molecule has 1 aliphatic carbocycles. The van der Waals surface area contributed by atoms with E-state index in [2.05, 4.69) is 4.98 Å². The number of aromatic nitrogens is 1. The fraction of sp³-hybridized carbons (Fsp3) is 0.375. The first-order valence-corrected chi connectivity index (χ1v) is 12.3. The maximum Gasteiger partial charge on any atom is 0.318 e. The van der Waals surface area contributed by atoms with Crippen LogP contribution in [-0.4, -0.2) is 23.0 Å². The smallest absolute Gasteiger partial charge is 0.318 e. The van der Waals surface area contributed by atoms with Gasteiger partial charge < -0.3 is 14.7 Å². The second-order valence-corrected chi connectivity index (χ2v) is 9.54. The topological polar surface area (TPSA) is 91.5 Å². The van der Waals surface area contributed by atoms with Gasteiger partial charge in [0.1, 0.15) is 18.6 Å². The second kappa shape index (κ2) is 13.2. The Balaban J connectivity index is 0.000000352. The molecule has 0 bridgehead atoms. The molecule has 0 spiro atoms. The summed E-state index contributed by atoms with van der Waals surface area (Å²) in [7, 11) is 0. The van der Waals surface area contributed by atoms with Crippen molar-refractivity contribution >= 4 is 45.5 Å². The largest absolute Gasteiger partial charge is 0.461 e. The average molecular weight is 473 g/mol. The molecule has 0 saturated heterocycles. The fourth-order valence-corrected chi connectivity index (χ4v) is 4.75. The van der Waals surface area contributed by atoms with Gasteiger partial charge in [0.2, 0.25) is 0 Å². The van der Waals surface area contributed by atoms with Crippen LogP contribution < -0.4 is 5.73 Å². The average Bonchev–Trinajstić information content (AvgIpc) is 3.25. The zero-order chi connectivity index (χ0) is 22.6. The van der Waals surface area contributed by atoms with E-state index in [4.69, 9.17) is 14.7 Å². The van der Waals surface area contributed by atoms with Crippen LogP contribution in [0.3, 0.4) is 0 Å². The lowest BCUT2D eigenvalue weighted by molar-refractivity contribution is -0.147. The van der Waals surface area contributed by atoms with E-state index in [0.29, 0.717) is 10.4 Å². The van der Waals surface area contributed by atoms with Gasteiger partial charge in [0.25, 0.3) is 0 Å². The molecule has 0 unspecified atom stereocenters. The third kappa shape index (κ3) is 8.61.